The molecule has 1 aliphatic rings. The predicted molar refractivity (Wildman–Crippen MR) is 100 cm³/mol. The van der Waals surface area contributed by atoms with E-state index in [9.17, 15) is 0 Å². The van der Waals surface area contributed by atoms with Gasteiger partial charge < -0.3 is 14.8 Å². The van der Waals surface area contributed by atoms with Crippen molar-refractivity contribution in [1.82, 2.24) is 5.32 Å². The van der Waals surface area contributed by atoms with Crippen LogP contribution in [0.25, 0.3) is 0 Å². The van der Waals surface area contributed by atoms with Crippen molar-refractivity contribution < 1.29 is 9.47 Å². The molecule has 2 N–H and O–H groups in total. The zero-order valence-electron chi connectivity index (χ0n) is 13.6. The number of benzene rings is 2. The Balaban J connectivity index is 0.00000208. The van der Waals surface area contributed by atoms with Gasteiger partial charge in [-0.2, -0.15) is 0 Å². The molecule has 0 fully saturated rings. The standard InChI is InChI=1S/C17H18ClN3O2.ClH/c1-19-17(11-5-4-6-12(18)7-11)13-8-15(22-2)16(23-3)9-14(13)20-10-21-17;/h4-10,19H,1-3H3,(H,20,21);1H. The Morgan fingerprint density at radius 3 is 2.46 bits per heavy atom. The van der Waals surface area contributed by atoms with Crippen LogP contribution >= 0.6 is 24.0 Å². The van der Waals surface area contributed by atoms with E-state index in [2.05, 4.69) is 15.6 Å². The Morgan fingerprint density at radius 2 is 1.83 bits per heavy atom. The normalized spacial score (nSPS) is 18.2. The van der Waals surface area contributed by atoms with Gasteiger partial charge in [0.1, 0.15) is 0 Å². The Kier molecular flexibility index (Phi) is 5.59. The van der Waals surface area contributed by atoms with Gasteiger partial charge in [-0.25, -0.2) is 4.99 Å². The van der Waals surface area contributed by atoms with Crippen LogP contribution in [0.15, 0.2) is 41.4 Å². The second-order valence-corrected chi connectivity index (χ2v) is 5.56. The van der Waals surface area contributed by atoms with Crippen molar-refractivity contribution in [3.8, 4) is 11.5 Å². The maximum atomic E-state index is 6.18. The quantitative estimate of drug-likeness (QED) is 0.865. The lowest BCUT2D eigenvalue weighted by Crippen LogP contribution is -2.42. The Bertz CT molecular complexity index is 767. The topological polar surface area (TPSA) is 54.9 Å². The van der Waals surface area contributed by atoms with Crippen molar-refractivity contribution >= 4 is 36.0 Å². The van der Waals surface area contributed by atoms with Crippen LogP contribution in [-0.2, 0) is 5.66 Å². The van der Waals surface area contributed by atoms with Crippen LogP contribution in [0.3, 0.4) is 0 Å². The molecule has 2 aromatic carbocycles. The number of halogens is 2. The monoisotopic (exact) mass is 367 g/mol. The largest absolute Gasteiger partial charge is 0.493 e. The molecule has 1 heterocycles. The number of anilines is 1. The van der Waals surface area contributed by atoms with Gasteiger partial charge in [0.05, 0.1) is 26.2 Å². The lowest BCUT2D eigenvalue weighted by molar-refractivity contribution is 0.352. The van der Waals surface area contributed by atoms with Gasteiger partial charge in [-0.1, -0.05) is 23.7 Å². The average Bonchev–Trinajstić information content (AvgIpc) is 2.59. The Hall–Kier alpha value is -1.95. The van der Waals surface area contributed by atoms with E-state index in [-0.39, 0.29) is 12.4 Å². The lowest BCUT2D eigenvalue weighted by atomic mass is 9.89. The van der Waals surface area contributed by atoms with E-state index in [1.54, 1.807) is 20.6 Å². The number of nitrogens with one attached hydrogen (secondary N) is 2. The minimum atomic E-state index is -0.745. The molecule has 0 aliphatic carbocycles. The number of hydrogen-bond donors (Lipinski definition) is 2. The molecule has 3 rings (SSSR count). The van der Waals surface area contributed by atoms with E-state index < -0.39 is 5.66 Å². The predicted octanol–water partition coefficient (Wildman–Crippen LogP) is 3.65. The molecule has 24 heavy (non-hydrogen) atoms. The first-order chi connectivity index (χ1) is 11.1. The molecule has 1 atom stereocenters. The molecular weight excluding hydrogens is 349 g/mol. The molecule has 1 aliphatic heterocycles. The van der Waals surface area contributed by atoms with Crippen molar-refractivity contribution in [2.24, 2.45) is 4.99 Å². The summed E-state index contributed by atoms with van der Waals surface area (Å²) in [5, 5.41) is 7.13. The minimum Gasteiger partial charge on any atom is -0.493 e. The highest BCUT2D eigenvalue weighted by molar-refractivity contribution is 6.30. The van der Waals surface area contributed by atoms with Crippen LogP contribution in [0.5, 0.6) is 11.5 Å². The maximum Gasteiger partial charge on any atom is 0.165 e. The minimum absolute atomic E-state index is 0. The fourth-order valence-corrected chi connectivity index (χ4v) is 3.04. The third-order valence-corrected chi connectivity index (χ3v) is 4.23. The summed E-state index contributed by atoms with van der Waals surface area (Å²) in [6.45, 7) is 0. The van der Waals surface area contributed by atoms with Crippen molar-refractivity contribution in [2.75, 3.05) is 26.6 Å². The first-order valence-corrected chi connectivity index (χ1v) is 7.54. The highest BCUT2D eigenvalue weighted by Crippen LogP contribution is 2.43. The molecule has 0 amide bonds. The number of ether oxygens (including phenoxy) is 2. The van der Waals surface area contributed by atoms with E-state index >= 15 is 0 Å². The van der Waals surface area contributed by atoms with E-state index in [1.807, 2.05) is 43.4 Å². The van der Waals surface area contributed by atoms with Crippen LogP contribution in [0.1, 0.15) is 11.1 Å². The number of rotatable bonds is 4. The number of nitrogens with zero attached hydrogens (tertiary/aromatic N) is 1. The summed E-state index contributed by atoms with van der Waals surface area (Å²) in [5.74, 6) is 1.30. The summed E-state index contributed by atoms with van der Waals surface area (Å²) in [7, 11) is 5.09. The molecule has 0 saturated heterocycles. The van der Waals surface area contributed by atoms with Gasteiger partial charge in [0.25, 0.3) is 0 Å². The molecule has 2 aromatic rings. The van der Waals surface area contributed by atoms with E-state index in [1.165, 1.54) is 0 Å². The second kappa shape index (κ2) is 7.30. The van der Waals surface area contributed by atoms with E-state index in [0.717, 1.165) is 16.8 Å². The van der Waals surface area contributed by atoms with Gasteiger partial charge in [0, 0.05) is 22.2 Å². The van der Waals surface area contributed by atoms with E-state index in [4.69, 9.17) is 21.1 Å². The van der Waals surface area contributed by atoms with Crippen LogP contribution < -0.4 is 20.1 Å². The number of methoxy groups -OCH3 is 2. The number of hydrogen-bond acceptors (Lipinski definition) is 5. The maximum absolute atomic E-state index is 6.18. The second-order valence-electron chi connectivity index (χ2n) is 5.13. The first-order valence-electron chi connectivity index (χ1n) is 7.16. The first kappa shape index (κ1) is 18.4. The molecule has 1 unspecified atom stereocenters. The Labute approximate surface area is 152 Å². The number of aliphatic imine (C=N–C) groups is 1. The van der Waals surface area contributed by atoms with Crippen molar-refractivity contribution in [1.29, 1.82) is 0 Å². The zero-order valence-corrected chi connectivity index (χ0v) is 15.2. The molecule has 5 nitrogen and oxygen atoms in total. The molecule has 0 spiro atoms. The fraction of sp³-hybridized carbons (Fsp3) is 0.235. The summed E-state index contributed by atoms with van der Waals surface area (Å²) in [6, 6.07) is 11.5. The fourth-order valence-electron chi connectivity index (χ4n) is 2.85. The molecule has 0 saturated carbocycles. The molecule has 128 valence electrons. The van der Waals surface area contributed by atoms with Gasteiger partial charge in [-0.05, 0) is 25.2 Å². The molecule has 0 bridgehead atoms. The number of fused-ring (bicyclic) bond motifs is 1. The molecule has 7 heteroatoms. The van der Waals surface area contributed by atoms with Crippen LogP contribution in [-0.4, -0.2) is 27.6 Å². The van der Waals surface area contributed by atoms with Crippen molar-refractivity contribution in [3.63, 3.8) is 0 Å². The van der Waals surface area contributed by atoms with Crippen LogP contribution in [0, 0.1) is 0 Å². The zero-order chi connectivity index (χ0) is 16.4. The van der Waals surface area contributed by atoms with Crippen molar-refractivity contribution in [3.05, 3.63) is 52.5 Å². The van der Waals surface area contributed by atoms with Crippen LogP contribution in [0.2, 0.25) is 5.02 Å². The summed E-state index contributed by atoms with van der Waals surface area (Å²) < 4.78 is 10.8. The Morgan fingerprint density at radius 1 is 1.12 bits per heavy atom. The lowest BCUT2D eigenvalue weighted by Gasteiger charge is -2.35. The van der Waals surface area contributed by atoms with Gasteiger partial charge in [-0.3, -0.25) is 5.32 Å². The summed E-state index contributed by atoms with van der Waals surface area (Å²) >= 11 is 6.18. The van der Waals surface area contributed by atoms with E-state index in [0.29, 0.717) is 16.5 Å². The third kappa shape index (κ3) is 2.90. The molecule has 0 radical (unpaired) electrons. The summed E-state index contributed by atoms with van der Waals surface area (Å²) in [5.41, 5.74) is 2.03. The van der Waals surface area contributed by atoms with Gasteiger partial charge in [-0.15, -0.1) is 12.4 Å². The molecular formula is C17H19Cl2N3O2. The highest BCUT2D eigenvalue weighted by atomic mass is 35.5. The smallest absolute Gasteiger partial charge is 0.165 e. The van der Waals surface area contributed by atoms with Crippen molar-refractivity contribution in [2.45, 2.75) is 5.66 Å². The molecule has 0 aromatic heterocycles. The van der Waals surface area contributed by atoms with Gasteiger partial charge in [0.2, 0.25) is 0 Å². The summed E-state index contributed by atoms with van der Waals surface area (Å²) in [6.07, 6.45) is 1.67. The SMILES string of the molecule is CNC1(c2cccc(Cl)c2)N=CNc2cc(OC)c(OC)cc21.Cl. The summed E-state index contributed by atoms with van der Waals surface area (Å²) in [4.78, 5) is 4.66. The van der Waals surface area contributed by atoms with Crippen LogP contribution in [0.4, 0.5) is 5.69 Å². The highest BCUT2D eigenvalue weighted by Gasteiger charge is 2.37. The van der Waals surface area contributed by atoms with Gasteiger partial charge >= 0.3 is 0 Å². The average molecular weight is 368 g/mol. The van der Waals surface area contributed by atoms with Gasteiger partial charge in [0.15, 0.2) is 17.2 Å². The third-order valence-electron chi connectivity index (χ3n) is 4.00.